The number of aliphatic imine (C=N–C) groups is 1. The average molecular weight is 424 g/mol. The maximum atomic E-state index is 13.1. The van der Waals surface area contributed by atoms with E-state index in [0.717, 1.165) is 0 Å². The molecule has 0 spiro atoms. The highest BCUT2D eigenvalue weighted by molar-refractivity contribution is 14.0. The lowest BCUT2D eigenvalue weighted by Crippen LogP contribution is -2.53. The third-order valence-corrected chi connectivity index (χ3v) is 2.80. The number of hydrogen-bond acceptors (Lipinski definition) is 3. The smallest absolute Gasteiger partial charge is 0.379 e. The summed E-state index contributed by atoms with van der Waals surface area (Å²) in [5, 5.41) is 2.85. The number of morpholine rings is 1. The van der Waals surface area contributed by atoms with E-state index in [1.807, 2.05) is 20.8 Å². The Balaban J connectivity index is 0.00000400. The quantitative estimate of drug-likeness (QED) is 0.410. The normalized spacial score (nSPS) is 19.8. The lowest BCUT2D eigenvalue weighted by atomic mass is 10.1. The van der Waals surface area contributed by atoms with Gasteiger partial charge in [-0.3, -0.25) is 9.89 Å². The van der Waals surface area contributed by atoms with E-state index in [4.69, 9.17) is 10.5 Å². The zero-order valence-electron chi connectivity index (χ0n) is 12.5. The molecule has 126 valence electrons. The van der Waals surface area contributed by atoms with E-state index >= 15 is 0 Å². The zero-order valence-corrected chi connectivity index (χ0v) is 14.9. The predicted octanol–water partition coefficient (Wildman–Crippen LogP) is 1.57. The molecule has 1 aliphatic rings. The topological polar surface area (TPSA) is 62.9 Å². The minimum atomic E-state index is -4.33. The number of halogens is 4. The van der Waals surface area contributed by atoms with Crippen LogP contribution in [0.15, 0.2) is 4.99 Å². The molecule has 1 heterocycles. The van der Waals surface area contributed by atoms with Crippen LogP contribution in [0.4, 0.5) is 13.2 Å². The van der Waals surface area contributed by atoms with E-state index in [-0.39, 0.29) is 48.6 Å². The second kappa shape index (κ2) is 8.37. The minimum absolute atomic E-state index is 0. The molecule has 0 aromatic heterocycles. The monoisotopic (exact) mass is 424 g/mol. The summed E-state index contributed by atoms with van der Waals surface area (Å²) in [5.41, 5.74) is 5.28. The number of ether oxygens (including phenoxy) is 1. The molecule has 3 N–H and O–H groups in total. The van der Waals surface area contributed by atoms with Crippen LogP contribution in [0.2, 0.25) is 0 Å². The fraction of sp³-hybridized carbons (Fsp3) is 0.917. The van der Waals surface area contributed by atoms with Gasteiger partial charge in [0, 0.05) is 18.6 Å². The molecular formula is C12H24F3IN4O. The number of guanidine groups is 1. The number of nitrogens with two attached hydrogens (primary N) is 1. The lowest BCUT2D eigenvalue weighted by Gasteiger charge is -2.34. The molecule has 1 atom stereocenters. The number of nitrogens with one attached hydrogen (secondary N) is 1. The van der Waals surface area contributed by atoms with Crippen LogP contribution < -0.4 is 11.1 Å². The lowest BCUT2D eigenvalue weighted by molar-refractivity contribution is -0.188. The van der Waals surface area contributed by atoms with Gasteiger partial charge in [0.25, 0.3) is 0 Å². The number of hydrogen-bond donors (Lipinski definition) is 2. The van der Waals surface area contributed by atoms with Crippen LogP contribution in [-0.2, 0) is 4.74 Å². The van der Waals surface area contributed by atoms with Crippen LogP contribution in [0.5, 0.6) is 0 Å². The molecule has 0 radical (unpaired) electrons. The highest BCUT2D eigenvalue weighted by Gasteiger charge is 2.43. The minimum Gasteiger partial charge on any atom is -0.379 e. The van der Waals surface area contributed by atoms with Crippen molar-refractivity contribution in [1.29, 1.82) is 0 Å². The third-order valence-electron chi connectivity index (χ3n) is 2.80. The summed E-state index contributed by atoms with van der Waals surface area (Å²) in [6, 6.07) is -1.62. The Morgan fingerprint density at radius 1 is 1.29 bits per heavy atom. The summed E-state index contributed by atoms with van der Waals surface area (Å²) in [7, 11) is 0. The van der Waals surface area contributed by atoms with Gasteiger partial charge in [-0.2, -0.15) is 13.2 Å². The van der Waals surface area contributed by atoms with Gasteiger partial charge in [-0.25, -0.2) is 0 Å². The van der Waals surface area contributed by atoms with Gasteiger partial charge in [-0.05, 0) is 20.8 Å². The molecule has 9 heteroatoms. The molecular weight excluding hydrogens is 400 g/mol. The van der Waals surface area contributed by atoms with Crippen molar-refractivity contribution in [2.75, 3.05) is 32.8 Å². The van der Waals surface area contributed by atoms with Crippen LogP contribution in [0.3, 0.4) is 0 Å². The van der Waals surface area contributed by atoms with Gasteiger partial charge in [0.1, 0.15) is 6.04 Å². The van der Waals surface area contributed by atoms with Crippen molar-refractivity contribution < 1.29 is 17.9 Å². The van der Waals surface area contributed by atoms with Gasteiger partial charge in [0.15, 0.2) is 5.96 Å². The van der Waals surface area contributed by atoms with Gasteiger partial charge in [0.05, 0.1) is 19.8 Å². The zero-order chi connectivity index (χ0) is 15.4. The molecule has 0 aromatic carbocycles. The van der Waals surface area contributed by atoms with Crippen molar-refractivity contribution in [3.8, 4) is 0 Å². The summed E-state index contributed by atoms with van der Waals surface area (Å²) < 4.78 is 44.3. The fourth-order valence-electron chi connectivity index (χ4n) is 1.92. The average Bonchev–Trinajstić information content (AvgIpc) is 2.26. The first kappa shape index (κ1) is 20.7. The van der Waals surface area contributed by atoms with Crippen LogP contribution in [0, 0.1) is 0 Å². The van der Waals surface area contributed by atoms with Gasteiger partial charge >= 0.3 is 6.18 Å². The van der Waals surface area contributed by atoms with Crippen LogP contribution >= 0.6 is 24.0 Å². The third kappa shape index (κ3) is 8.05. The van der Waals surface area contributed by atoms with E-state index in [1.54, 1.807) is 0 Å². The molecule has 0 amide bonds. The first-order chi connectivity index (χ1) is 9.09. The highest BCUT2D eigenvalue weighted by atomic mass is 127. The fourth-order valence-corrected chi connectivity index (χ4v) is 1.92. The van der Waals surface area contributed by atoms with Gasteiger partial charge in [0.2, 0.25) is 0 Å². The molecule has 0 saturated carbocycles. The molecule has 1 rings (SSSR count). The Kier molecular flexibility index (Phi) is 8.26. The standard InChI is InChI=1S/C12H23F3N4O.HI/c1-11(2,3)18-10(16)17-8-9(12(13,14)15)19-4-6-20-7-5-19;/h9H,4-8H2,1-3H3,(H3,16,17,18);1H. The van der Waals surface area contributed by atoms with Gasteiger partial charge in [-0.1, -0.05) is 0 Å². The SMILES string of the molecule is CC(C)(C)NC(N)=NCC(N1CCOCC1)C(F)(F)F.I. The maximum absolute atomic E-state index is 13.1. The number of alkyl halides is 3. The first-order valence-corrected chi connectivity index (χ1v) is 6.56. The van der Waals surface area contributed by atoms with Crippen LogP contribution in [0.25, 0.3) is 0 Å². The van der Waals surface area contributed by atoms with E-state index in [0.29, 0.717) is 13.2 Å². The molecule has 0 aromatic rings. The summed E-state index contributed by atoms with van der Waals surface area (Å²) in [6.45, 7) is 6.31. The Morgan fingerprint density at radius 3 is 2.24 bits per heavy atom. The van der Waals surface area contributed by atoms with Crippen molar-refractivity contribution in [2.24, 2.45) is 10.7 Å². The molecule has 1 aliphatic heterocycles. The summed E-state index contributed by atoms with van der Waals surface area (Å²) in [5.74, 6) is 0.0278. The van der Waals surface area contributed by atoms with Crippen LogP contribution in [0.1, 0.15) is 20.8 Å². The van der Waals surface area contributed by atoms with E-state index < -0.39 is 18.8 Å². The van der Waals surface area contributed by atoms with Crippen molar-refractivity contribution in [3.63, 3.8) is 0 Å². The Hall–Kier alpha value is -0.290. The van der Waals surface area contributed by atoms with Gasteiger partial charge < -0.3 is 15.8 Å². The Bertz CT molecular complexity index is 338. The first-order valence-electron chi connectivity index (χ1n) is 6.56. The molecule has 0 aliphatic carbocycles. The van der Waals surface area contributed by atoms with E-state index in [2.05, 4.69) is 10.3 Å². The molecule has 1 fully saturated rings. The second-order valence-corrected chi connectivity index (χ2v) is 5.81. The summed E-state index contributed by atoms with van der Waals surface area (Å²) in [4.78, 5) is 5.18. The Labute approximate surface area is 140 Å². The Morgan fingerprint density at radius 2 is 1.81 bits per heavy atom. The molecule has 5 nitrogen and oxygen atoms in total. The predicted molar refractivity (Wildman–Crippen MR) is 87.0 cm³/mol. The van der Waals surface area contributed by atoms with Crippen molar-refractivity contribution in [3.05, 3.63) is 0 Å². The molecule has 0 bridgehead atoms. The second-order valence-electron chi connectivity index (χ2n) is 5.81. The van der Waals surface area contributed by atoms with Crippen LogP contribution in [-0.4, -0.2) is 61.5 Å². The van der Waals surface area contributed by atoms with Crippen molar-refractivity contribution in [1.82, 2.24) is 10.2 Å². The largest absolute Gasteiger partial charge is 0.405 e. The molecule has 1 saturated heterocycles. The van der Waals surface area contributed by atoms with Crippen molar-refractivity contribution in [2.45, 2.75) is 38.5 Å². The summed E-state index contributed by atoms with van der Waals surface area (Å²) >= 11 is 0. The summed E-state index contributed by atoms with van der Waals surface area (Å²) in [6.07, 6.45) is -4.33. The van der Waals surface area contributed by atoms with Crippen molar-refractivity contribution >= 4 is 29.9 Å². The van der Waals surface area contributed by atoms with Gasteiger partial charge in [-0.15, -0.1) is 24.0 Å². The number of rotatable bonds is 3. The molecule has 21 heavy (non-hydrogen) atoms. The highest BCUT2D eigenvalue weighted by Crippen LogP contribution is 2.25. The van der Waals surface area contributed by atoms with E-state index in [9.17, 15) is 13.2 Å². The molecule has 1 unspecified atom stereocenters. The van der Waals surface area contributed by atoms with E-state index in [1.165, 1.54) is 4.90 Å². The number of nitrogens with zero attached hydrogens (tertiary/aromatic N) is 2. The maximum Gasteiger partial charge on any atom is 0.405 e.